The number of hydrogen-bond acceptors (Lipinski definition) is 4. The molecule has 6 nitrogen and oxygen atoms in total. The molecule has 1 aromatic heterocycles. The summed E-state index contributed by atoms with van der Waals surface area (Å²) in [6.45, 7) is 7.75. The van der Waals surface area contributed by atoms with Crippen molar-refractivity contribution in [3.05, 3.63) is 40.0 Å². The minimum atomic E-state index is -0.0925. The third-order valence-electron chi connectivity index (χ3n) is 4.17. The second kappa shape index (κ2) is 7.96. The number of nitrogens with one attached hydrogen (secondary N) is 1. The topological polar surface area (TPSA) is 59.4 Å². The van der Waals surface area contributed by atoms with Crippen LogP contribution in [0.1, 0.15) is 19.5 Å². The molecule has 1 aromatic carbocycles. The molecule has 1 fully saturated rings. The van der Waals surface area contributed by atoms with E-state index >= 15 is 0 Å². The van der Waals surface area contributed by atoms with Crippen molar-refractivity contribution < 1.29 is 9.53 Å². The monoisotopic (exact) mass is 396 g/mol. The molecule has 2 unspecified atom stereocenters. The Morgan fingerprint density at radius 1 is 1.23 bits per heavy atom. The molecule has 1 saturated heterocycles. The lowest BCUT2D eigenvalue weighted by Crippen LogP contribution is -2.48. The molecule has 1 aliphatic rings. The number of morpholine rings is 1. The zero-order valence-electron chi connectivity index (χ0n) is 15.0. The van der Waals surface area contributed by atoms with E-state index in [4.69, 9.17) is 27.9 Å². The molecule has 0 spiro atoms. The van der Waals surface area contributed by atoms with Crippen molar-refractivity contribution in [2.24, 2.45) is 0 Å². The first-order valence-corrected chi connectivity index (χ1v) is 9.27. The number of rotatable bonds is 4. The number of aromatic nitrogens is 2. The molecule has 0 radical (unpaired) electrons. The molecule has 1 amide bonds. The van der Waals surface area contributed by atoms with E-state index < -0.39 is 0 Å². The first-order valence-electron chi connectivity index (χ1n) is 8.51. The summed E-state index contributed by atoms with van der Waals surface area (Å²) in [6.07, 6.45) is 0.255. The van der Waals surface area contributed by atoms with Crippen LogP contribution in [0.2, 0.25) is 10.0 Å². The van der Waals surface area contributed by atoms with E-state index in [0.717, 1.165) is 24.5 Å². The summed E-state index contributed by atoms with van der Waals surface area (Å²) in [5.74, 6) is 0.415. The molecule has 0 saturated carbocycles. The molecule has 26 heavy (non-hydrogen) atoms. The lowest BCUT2D eigenvalue weighted by atomic mass is 10.2. The van der Waals surface area contributed by atoms with Crippen molar-refractivity contribution in [1.29, 1.82) is 0 Å². The molecule has 0 bridgehead atoms. The minimum absolute atomic E-state index is 0.0925. The predicted molar refractivity (Wildman–Crippen MR) is 103 cm³/mol. The number of amides is 1. The summed E-state index contributed by atoms with van der Waals surface area (Å²) in [5.41, 5.74) is 1.67. The van der Waals surface area contributed by atoms with Gasteiger partial charge in [0.15, 0.2) is 5.82 Å². The Kier molecular flexibility index (Phi) is 5.87. The fraction of sp³-hybridized carbons (Fsp3) is 0.444. The van der Waals surface area contributed by atoms with Crippen LogP contribution in [0.4, 0.5) is 5.82 Å². The number of carbonyl (C=O) groups is 1. The van der Waals surface area contributed by atoms with Gasteiger partial charge >= 0.3 is 0 Å². The Balaban J connectivity index is 1.67. The number of benzene rings is 1. The SMILES string of the molecule is Cc1cc(NC(=O)CN2CC(C)OC(C)C2)nn1-c1ccc(Cl)c(Cl)c1. The van der Waals surface area contributed by atoms with Crippen LogP contribution in [0.5, 0.6) is 0 Å². The highest BCUT2D eigenvalue weighted by Gasteiger charge is 2.24. The molecule has 3 rings (SSSR count). The molecule has 1 N–H and O–H groups in total. The number of aryl methyl sites for hydroxylation is 1. The van der Waals surface area contributed by atoms with Crippen LogP contribution >= 0.6 is 23.2 Å². The summed E-state index contributed by atoms with van der Waals surface area (Å²) in [4.78, 5) is 14.5. The molecule has 2 atom stereocenters. The number of hydrogen-bond donors (Lipinski definition) is 1. The fourth-order valence-corrected chi connectivity index (χ4v) is 3.51. The third kappa shape index (κ3) is 4.57. The van der Waals surface area contributed by atoms with Gasteiger partial charge < -0.3 is 10.1 Å². The van der Waals surface area contributed by atoms with Crippen LogP contribution in [-0.4, -0.2) is 52.4 Å². The van der Waals surface area contributed by atoms with Crippen LogP contribution in [0.3, 0.4) is 0 Å². The van der Waals surface area contributed by atoms with E-state index in [2.05, 4.69) is 15.3 Å². The summed E-state index contributed by atoms with van der Waals surface area (Å²) < 4.78 is 7.41. The van der Waals surface area contributed by atoms with E-state index in [1.54, 1.807) is 16.8 Å². The van der Waals surface area contributed by atoms with Crippen molar-refractivity contribution in [2.75, 3.05) is 25.0 Å². The number of ether oxygens (including phenoxy) is 1. The van der Waals surface area contributed by atoms with E-state index in [1.165, 1.54) is 0 Å². The zero-order chi connectivity index (χ0) is 18.8. The van der Waals surface area contributed by atoms with Crippen molar-refractivity contribution in [3.63, 3.8) is 0 Å². The quantitative estimate of drug-likeness (QED) is 0.858. The van der Waals surface area contributed by atoms with Gasteiger partial charge in [0.1, 0.15) is 0 Å². The van der Waals surface area contributed by atoms with Gasteiger partial charge in [-0.15, -0.1) is 5.10 Å². The average Bonchev–Trinajstić information content (AvgIpc) is 2.89. The van der Waals surface area contributed by atoms with Crippen LogP contribution in [-0.2, 0) is 9.53 Å². The van der Waals surface area contributed by atoms with Gasteiger partial charge in [0.05, 0.1) is 34.5 Å². The van der Waals surface area contributed by atoms with Crippen LogP contribution in [0.15, 0.2) is 24.3 Å². The van der Waals surface area contributed by atoms with E-state index in [1.807, 2.05) is 32.9 Å². The number of carbonyl (C=O) groups excluding carboxylic acids is 1. The smallest absolute Gasteiger partial charge is 0.239 e. The molecular formula is C18H22Cl2N4O2. The van der Waals surface area contributed by atoms with Crippen molar-refractivity contribution in [3.8, 4) is 5.69 Å². The van der Waals surface area contributed by atoms with Crippen molar-refractivity contribution >= 4 is 34.9 Å². The van der Waals surface area contributed by atoms with Crippen LogP contribution < -0.4 is 5.32 Å². The molecule has 8 heteroatoms. The van der Waals surface area contributed by atoms with E-state index in [9.17, 15) is 4.79 Å². The summed E-state index contributed by atoms with van der Waals surface area (Å²) in [7, 11) is 0. The molecule has 2 aromatic rings. The minimum Gasteiger partial charge on any atom is -0.373 e. The molecule has 0 aliphatic carbocycles. The lowest BCUT2D eigenvalue weighted by molar-refractivity contribution is -0.121. The third-order valence-corrected chi connectivity index (χ3v) is 4.90. The Labute approximate surface area is 163 Å². The number of nitrogens with zero attached hydrogens (tertiary/aromatic N) is 3. The first-order chi connectivity index (χ1) is 12.3. The highest BCUT2D eigenvalue weighted by molar-refractivity contribution is 6.42. The van der Waals surface area contributed by atoms with Gasteiger partial charge in [0.2, 0.25) is 5.91 Å². The largest absolute Gasteiger partial charge is 0.373 e. The maximum atomic E-state index is 12.4. The highest BCUT2D eigenvalue weighted by Crippen LogP contribution is 2.25. The highest BCUT2D eigenvalue weighted by atomic mass is 35.5. The van der Waals surface area contributed by atoms with Gasteiger partial charge in [0.25, 0.3) is 0 Å². The Bertz CT molecular complexity index is 798. The second-order valence-corrected chi connectivity index (χ2v) is 7.50. The van der Waals surface area contributed by atoms with Gasteiger partial charge in [-0.3, -0.25) is 9.69 Å². The Morgan fingerprint density at radius 2 is 1.92 bits per heavy atom. The average molecular weight is 397 g/mol. The Hall–Kier alpha value is -1.60. The van der Waals surface area contributed by atoms with Gasteiger partial charge in [-0.1, -0.05) is 23.2 Å². The van der Waals surface area contributed by atoms with Gasteiger partial charge in [-0.05, 0) is 39.0 Å². The maximum absolute atomic E-state index is 12.4. The van der Waals surface area contributed by atoms with Crippen molar-refractivity contribution in [2.45, 2.75) is 33.0 Å². The van der Waals surface area contributed by atoms with E-state index in [0.29, 0.717) is 22.4 Å². The first kappa shape index (κ1) is 19.2. The maximum Gasteiger partial charge on any atom is 0.239 e. The summed E-state index contributed by atoms with van der Waals surface area (Å²) in [6, 6.07) is 7.12. The predicted octanol–water partition coefficient (Wildman–Crippen LogP) is 3.54. The molecule has 1 aliphatic heterocycles. The Morgan fingerprint density at radius 3 is 2.58 bits per heavy atom. The molecule has 2 heterocycles. The summed E-state index contributed by atoms with van der Waals surface area (Å²) >= 11 is 12.0. The van der Waals surface area contributed by atoms with Crippen LogP contribution in [0.25, 0.3) is 5.69 Å². The number of halogens is 2. The van der Waals surface area contributed by atoms with Crippen LogP contribution in [0, 0.1) is 6.92 Å². The van der Waals surface area contributed by atoms with Crippen molar-refractivity contribution in [1.82, 2.24) is 14.7 Å². The zero-order valence-corrected chi connectivity index (χ0v) is 16.5. The summed E-state index contributed by atoms with van der Waals surface area (Å²) in [5, 5.41) is 8.26. The lowest BCUT2D eigenvalue weighted by Gasteiger charge is -2.34. The number of anilines is 1. The normalized spacial score (nSPS) is 21.0. The van der Waals surface area contributed by atoms with E-state index in [-0.39, 0.29) is 18.1 Å². The van der Waals surface area contributed by atoms with Gasteiger partial charge in [-0.2, -0.15) is 0 Å². The standard InChI is InChI=1S/C18H22Cl2N4O2/c1-11-6-17(22-24(11)14-4-5-15(19)16(20)7-14)21-18(25)10-23-8-12(2)26-13(3)9-23/h4-7,12-13H,8-10H2,1-3H3,(H,21,22,25). The molecule has 140 valence electrons. The van der Waals surface area contributed by atoms with Gasteiger partial charge in [0, 0.05) is 24.8 Å². The van der Waals surface area contributed by atoms with Gasteiger partial charge in [-0.25, -0.2) is 4.68 Å². The molecular weight excluding hydrogens is 375 g/mol. The second-order valence-electron chi connectivity index (χ2n) is 6.68. The fourth-order valence-electron chi connectivity index (χ4n) is 3.21.